The molecular weight excluding hydrogens is 326 g/mol. The normalized spacial score (nSPS) is 16.2. The number of ether oxygens (including phenoxy) is 2. The van der Waals surface area contributed by atoms with E-state index in [0.29, 0.717) is 6.29 Å². The lowest BCUT2D eigenvalue weighted by Crippen LogP contribution is -2.51. The van der Waals surface area contributed by atoms with E-state index < -0.39 is 23.6 Å². The molecule has 0 aliphatic heterocycles. The van der Waals surface area contributed by atoms with Gasteiger partial charge in [0.2, 0.25) is 5.91 Å². The van der Waals surface area contributed by atoms with E-state index >= 15 is 0 Å². The monoisotopic (exact) mass is 355 g/mol. The van der Waals surface area contributed by atoms with Crippen molar-refractivity contribution < 1.29 is 28.7 Å². The number of hydrogen-bond donors (Lipinski definition) is 0. The number of carbonyl (C=O) groups is 4. The highest BCUT2D eigenvalue weighted by Crippen LogP contribution is 2.28. The molecule has 0 heterocycles. The molecule has 1 saturated carbocycles. The summed E-state index contributed by atoms with van der Waals surface area (Å²) in [6.45, 7) is 5.21. The Balaban J connectivity index is 3.02. The van der Waals surface area contributed by atoms with Gasteiger partial charge in [0.1, 0.15) is 17.9 Å². The maximum atomic E-state index is 12.6. The minimum atomic E-state index is -1.03. The van der Waals surface area contributed by atoms with Crippen molar-refractivity contribution in [1.29, 1.82) is 0 Å². The van der Waals surface area contributed by atoms with Crippen LogP contribution in [0.1, 0.15) is 65.7 Å². The molecule has 7 nitrogen and oxygen atoms in total. The summed E-state index contributed by atoms with van der Waals surface area (Å²) in [5.74, 6) is -1.51. The van der Waals surface area contributed by atoms with Gasteiger partial charge >= 0.3 is 11.9 Å². The first kappa shape index (κ1) is 21.1. The zero-order valence-corrected chi connectivity index (χ0v) is 15.6. The Morgan fingerprint density at radius 2 is 1.80 bits per heavy atom. The highest BCUT2D eigenvalue weighted by molar-refractivity contribution is 5.89. The second kappa shape index (κ2) is 9.53. The SMILES string of the molecule is COC(=O)C(CC(=O)OC(C)(C)C)N(C(=O)CCC=O)C1CCCC1. The van der Waals surface area contributed by atoms with Gasteiger partial charge in [0.15, 0.2) is 0 Å². The summed E-state index contributed by atoms with van der Waals surface area (Å²) in [6, 6.07) is -1.15. The molecule has 0 bridgehead atoms. The molecular formula is C18H29NO6. The molecule has 1 unspecified atom stereocenters. The maximum absolute atomic E-state index is 12.6. The first-order chi connectivity index (χ1) is 11.7. The molecule has 7 heteroatoms. The predicted molar refractivity (Wildman–Crippen MR) is 90.7 cm³/mol. The van der Waals surface area contributed by atoms with E-state index in [9.17, 15) is 19.2 Å². The minimum absolute atomic E-state index is 0.0157. The topological polar surface area (TPSA) is 90.0 Å². The lowest BCUT2D eigenvalue weighted by atomic mass is 10.1. The van der Waals surface area contributed by atoms with Gasteiger partial charge in [-0.15, -0.1) is 0 Å². The Morgan fingerprint density at radius 3 is 2.28 bits per heavy atom. The van der Waals surface area contributed by atoms with Crippen LogP contribution in [-0.2, 0) is 28.7 Å². The summed E-state index contributed by atoms with van der Waals surface area (Å²) in [5.41, 5.74) is -0.683. The molecule has 0 radical (unpaired) electrons. The Morgan fingerprint density at radius 1 is 1.20 bits per heavy atom. The van der Waals surface area contributed by atoms with Gasteiger partial charge in [-0.1, -0.05) is 12.8 Å². The summed E-state index contributed by atoms with van der Waals surface area (Å²) in [7, 11) is 1.23. The summed E-state index contributed by atoms with van der Waals surface area (Å²) in [6.07, 6.45) is 3.98. The largest absolute Gasteiger partial charge is 0.467 e. The summed E-state index contributed by atoms with van der Waals surface area (Å²) >= 11 is 0. The molecule has 1 fully saturated rings. The molecule has 0 aromatic carbocycles. The number of carbonyl (C=O) groups excluding carboxylic acids is 4. The smallest absolute Gasteiger partial charge is 0.329 e. The van der Waals surface area contributed by atoms with Crippen molar-refractivity contribution in [3.05, 3.63) is 0 Å². The number of esters is 2. The average Bonchev–Trinajstić information content (AvgIpc) is 3.03. The van der Waals surface area contributed by atoms with Crippen molar-refractivity contribution in [2.24, 2.45) is 0 Å². The lowest BCUT2D eigenvalue weighted by Gasteiger charge is -2.35. The maximum Gasteiger partial charge on any atom is 0.329 e. The number of methoxy groups -OCH3 is 1. The van der Waals surface area contributed by atoms with Gasteiger partial charge in [-0.25, -0.2) is 4.79 Å². The fourth-order valence-corrected chi connectivity index (χ4v) is 3.10. The van der Waals surface area contributed by atoms with E-state index in [-0.39, 0.29) is 31.2 Å². The summed E-state index contributed by atoms with van der Waals surface area (Å²) in [4.78, 5) is 49.2. The van der Waals surface area contributed by atoms with Gasteiger partial charge in [-0.3, -0.25) is 9.59 Å². The van der Waals surface area contributed by atoms with E-state index in [1.807, 2.05) is 0 Å². The van der Waals surface area contributed by atoms with Crippen LogP contribution in [0.2, 0.25) is 0 Å². The molecule has 1 atom stereocenters. The molecule has 1 aliphatic rings. The van der Waals surface area contributed by atoms with Gasteiger partial charge in [-0.05, 0) is 33.6 Å². The Bertz CT molecular complexity index is 490. The number of hydrogen-bond acceptors (Lipinski definition) is 6. The van der Waals surface area contributed by atoms with E-state index in [1.165, 1.54) is 12.0 Å². The molecule has 0 saturated heterocycles. The molecule has 0 aromatic heterocycles. The molecule has 1 amide bonds. The van der Waals surface area contributed by atoms with Crippen molar-refractivity contribution in [1.82, 2.24) is 4.90 Å². The highest BCUT2D eigenvalue weighted by Gasteiger charge is 2.38. The van der Waals surface area contributed by atoms with Gasteiger partial charge in [0.05, 0.1) is 13.5 Å². The fraction of sp³-hybridized carbons (Fsp3) is 0.778. The van der Waals surface area contributed by atoms with E-state index in [4.69, 9.17) is 9.47 Å². The Hall–Kier alpha value is -1.92. The molecule has 1 aliphatic carbocycles. The van der Waals surface area contributed by atoms with E-state index in [2.05, 4.69) is 0 Å². The zero-order chi connectivity index (χ0) is 19.0. The second-order valence-electron chi connectivity index (χ2n) is 7.27. The minimum Gasteiger partial charge on any atom is -0.467 e. The zero-order valence-electron chi connectivity index (χ0n) is 15.6. The van der Waals surface area contributed by atoms with Crippen LogP contribution in [0.3, 0.4) is 0 Å². The lowest BCUT2D eigenvalue weighted by molar-refractivity contribution is -0.165. The standard InChI is InChI=1S/C18H29NO6/c1-18(2,3)25-16(22)12-14(17(23)24-4)19(13-8-5-6-9-13)15(21)10-7-11-20/h11,13-14H,5-10,12H2,1-4H3. The quantitative estimate of drug-likeness (QED) is 0.489. The van der Waals surface area contributed by atoms with Crippen LogP contribution in [-0.4, -0.2) is 53.8 Å². The van der Waals surface area contributed by atoms with Crippen molar-refractivity contribution >= 4 is 24.1 Å². The molecule has 0 spiro atoms. The average molecular weight is 355 g/mol. The van der Waals surface area contributed by atoms with E-state index in [0.717, 1.165) is 25.7 Å². The van der Waals surface area contributed by atoms with Crippen molar-refractivity contribution in [3.63, 3.8) is 0 Å². The predicted octanol–water partition coefficient (Wildman–Crippen LogP) is 2.01. The Labute approximate surface area is 149 Å². The third-order valence-electron chi connectivity index (χ3n) is 4.07. The number of amides is 1. The van der Waals surface area contributed by atoms with Crippen LogP contribution >= 0.6 is 0 Å². The van der Waals surface area contributed by atoms with Crippen LogP contribution < -0.4 is 0 Å². The third-order valence-corrected chi connectivity index (χ3v) is 4.07. The van der Waals surface area contributed by atoms with Crippen LogP contribution in [0.25, 0.3) is 0 Å². The van der Waals surface area contributed by atoms with Crippen LogP contribution in [0, 0.1) is 0 Å². The van der Waals surface area contributed by atoms with Gasteiger partial charge < -0.3 is 19.2 Å². The van der Waals surface area contributed by atoms with Crippen LogP contribution in [0.5, 0.6) is 0 Å². The molecule has 25 heavy (non-hydrogen) atoms. The summed E-state index contributed by atoms with van der Waals surface area (Å²) in [5, 5.41) is 0. The number of rotatable bonds is 8. The molecule has 1 rings (SSSR count). The number of nitrogens with zero attached hydrogens (tertiary/aromatic N) is 1. The van der Waals surface area contributed by atoms with Gasteiger partial charge in [0.25, 0.3) is 0 Å². The van der Waals surface area contributed by atoms with E-state index in [1.54, 1.807) is 20.8 Å². The molecule has 0 N–H and O–H groups in total. The van der Waals surface area contributed by atoms with Crippen molar-refractivity contribution in [2.45, 2.75) is 83.4 Å². The van der Waals surface area contributed by atoms with Crippen LogP contribution in [0.15, 0.2) is 0 Å². The second-order valence-corrected chi connectivity index (χ2v) is 7.27. The summed E-state index contributed by atoms with van der Waals surface area (Å²) < 4.78 is 10.1. The first-order valence-corrected chi connectivity index (χ1v) is 8.74. The van der Waals surface area contributed by atoms with Crippen molar-refractivity contribution in [3.8, 4) is 0 Å². The van der Waals surface area contributed by atoms with Gasteiger partial charge in [-0.2, -0.15) is 0 Å². The molecule has 0 aromatic rings. The number of aldehydes is 1. The molecule has 142 valence electrons. The first-order valence-electron chi connectivity index (χ1n) is 8.74. The fourth-order valence-electron chi connectivity index (χ4n) is 3.10. The van der Waals surface area contributed by atoms with Crippen LogP contribution in [0.4, 0.5) is 0 Å². The van der Waals surface area contributed by atoms with Gasteiger partial charge in [0, 0.05) is 18.9 Å². The third kappa shape index (κ3) is 6.84. The highest BCUT2D eigenvalue weighted by atomic mass is 16.6. The Kier molecular flexibility index (Phi) is 8.06. The van der Waals surface area contributed by atoms with Crippen molar-refractivity contribution in [2.75, 3.05) is 7.11 Å².